The molecule has 4 heteroatoms. The van der Waals surface area contributed by atoms with E-state index >= 15 is 0 Å². The second kappa shape index (κ2) is 5.83. The molecule has 1 saturated carbocycles. The fourth-order valence-electron chi connectivity index (χ4n) is 2.83. The monoisotopic (exact) mass is 316 g/mol. The Bertz CT molecular complexity index is 358. The summed E-state index contributed by atoms with van der Waals surface area (Å²) in [6, 6.07) is 2.93. The second-order valence-corrected chi connectivity index (χ2v) is 7.22. The van der Waals surface area contributed by atoms with Crippen LogP contribution in [0.4, 0.5) is 0 Å². The maximum Gasteiger partial charge on any atom is 0.0328 e. The number of hydrogen-bond donors (Lipinski definition) is 1. The predicted molar refractivity (Wildman–Crippen MR) is 78.4 cm³/mol. The molecule has 1 aliphatic rings. The molecule has 1 heterocycles. The van der Waals surface area contributed by atoms with Crippen LogP contribution in [0.25, 0.3) is 0 Å². The van der Waals surface area contributed by atoms with Gasteiger partial charge in [-0.25, -0.2) is 0 Å². The molecule has 0 amide bonds. The lowest BCUT2D eigenvalue weighted by Gasteiger charge is -2.28. The Labute approximate surface area is 116 Å². The van der Waals surface area contributed by atoms with Gasteiger partial charge in [-0.1, -0.05) is 6.42 Å². The van der Waals surface area contributed by atoms with Gasteiger partial charge in [-0.3, -0.25) is 4.90 Å². The summed E-state index contributed by atoms with van der Waals surface area (Å²) in [4.78, 5) is 5.30. The quantitative estimate of drug-likeness (QED) is 0.922. The highest BCUT2D eigenvalue weighted by Gasteiger charge is 2.29. The van der Waals surface area contributed by atoms with Crippen molar-refractivity contribution < 1.29 is 0 Å². The number of nitrogens with two attached hydrogens (primary N) is 1. The third-order valence-corrected chi connectivity index (χ3v) is 5.92. The zero-order chi connectivity index (χ0) is 12.4. The van der Waals surface area contributed by atoms with E-state index in [9.17, 15) is 0 Å². The van der Waals surface area contributed by atoms with E-state index in [1.54, 1.807) is 0 Å². The van der Waals surface area contributed by atoms with Crippen molar-refractivity contribution in [3.05, 3.63) is 20.3 Å². The zero-order valence-electron chi connectivity index (χ0n) is 10.6. The average molecular weight is 317 g/mol. The van der Waals surface area contributed by atoms with E-state index in [-0.39, 0.29) is 0 Å². The lowest BCUT2D eigenvalue weighted by Crippen LogP contribution is -2.37. The van der Waals surface area contributed by atoms with E-state index in [2.05, 4.69) is 40.9 Å². The van der Waals surface area contributed by atoms with Gasteiger partial charge in [-0.05, 0) is 61.3 Å². The number of hydrogen-bond acceptors (Lipinski definition) is 3. The Morgan fingerprint density at radius 3 is 2.88 bits per heavy atom. The molecule has 2 nitrogen and oxygen atoms in total. The summed E-state index contributed by atoms with van der Waals surface area (Å²) in [5.41, 5.74) is 5.85. The average Bonchev–Trinajstić information content (AvgIpc) is 2.86. The molecular formula is C13H21BrN2S. The second-order valence-electron chi connectivity index (χ2n) is 5.03. The SMILES string of the molecule is Cc1sc(CN(C)C2CCCC2CN)cc1Br. The third kappa shape index (κ3) is 3.11. The largest absolute Gasteiger partial charge is 0.330 e. The summed E-state index contributed by atoms with van der Waals surface area (Å²) in [5, 5.41) is 0. The van der Waals surface area contributed by atoms with Crippen molar-refractivity contribution >= 4 is 27.3 Å². The molecular weight excluding hydrogens is 296 g/mol. The van der Waals surface area contributed by atoms with Crippen LogP contribution in [0, 0.1) is 12.8 Å². The highest BCUT2D eigenvalue weighted by atomic mass is 79.9. The minimum Gasteiger partial charge on any atom is -0.330 e. The van der Waals surface area contributed by atoms with Gasteiger partial charge in [0.15, 0.2) is 0 Å². The first-order valence-electron chi connectivity index (χ1n) is 6.27. The van der Waals surface area contributed by atoms with Gasteiger partial charge in [0.25, 0.3) is 0 Å². The topological polar surface area (TPSA) is 29.3 Å². The van der Waals surface area contributed by atoms with Crippen LogP contribution in [0.2, 0.25) is 0 Å². The summed E-state index contributed by atoms with van der Waals surface area (Å²) >= 11 is 5.48. The van der Waals surface area contributed by atoms with Crippen molar-refractivity contribution in [2.24, 2.45) is 11.7 Å². The van der Waals surface area contributed by atoms with Gasteiger partial charge in [0.2, 0.25) is 0 Å². The van der Waals surface area contributed by atoms with E-state index in [0.29, 0.717) is 12.0 Å². The Balaban J connectivity index is 1.98. The van der Waals surface area contributed by atoms with Crippen LogP contribution in [0.1, 0.15) is 29.0 Å². The van der Waals surface area contributed by atoms with E-state index in [0.717, 1.165) is 13.1 Å². The lowest BCUT2D eigenvalue weighted by molar-refractivity contribution is 0.194. The number of aryl methyl sites for hydroxylation is 1. The Hall–Kier alpha value is 0.100. The predicted octanol–water partition coefficient (Wildman–Crippen LogP) is 3.38. The maximum atomic E-state index is 5.85. The fraction of sp³-hybridized carbons (Fsp3) is 0.692. The minimum absolute atomic E-state index is 0.682. The molecule has 1 aromatic heterocycles. The number of rotatable bonds is 4. The van der Waals surface area contributed by atoms with Crippen LogP contribution < -0.4 is 5.73 Å². The van der Waals surface area contributed by atoms with Crippen molar-refractivity contribution in [2.75, 3.05) is 13.6 Å². The zero-order valence-corrected chi connectivity index (χ0v) is 13.0. The Morgan fingerprint density at radius 2 is 2.29 bits per heavy atom. The summed E-state index contributed by atoms with van der Waals surface area (Å²) in [5.74, 6) is 0.699. The van der Waals surface area contributed by atoms with Gasteiger partial charge in [-0.2, -0.15) is 0 Å². The van der Waals surface area contributed by atoms with Crippen LogP contribution in [0.5, 0.6) is 0 Å². The van der Waals surface area contributed by atoms with Gasteiger partial charge in [0, 0.05) is 26.8 Å². The first-order chi connectivity index (χ1) is 8.11. The van der Waals surface area contributed by atoms with Crippen molar-refractivity contribution in [1.29, 1.82) is 0 Å². The van der Waals surface area contributed by atoms with Gasteiger partial charge in [0.1, 0.15) is 0 Å². The molecule has 2 rings (SSSR count). The molecule has 0 aromatic carbocycles. The van der Waals surface area contributed by atoms with E-state index in [4.69, 9.17) is 5.73 Å². The number of halogens is 1. The van der Waals surface area contributed by atoms with E-state index in [1.807, 2.05) is 11.3 Å². The maximum absolute atomic E-state index is 5.85. The Kier molecular flexibility index (Phi) is 4.64. The van der Waals surface area contributed by atoms with Crippen molar-refractivity contribution in [3.63, 3.8) is 0 Å². The van der Waals surface area contributed by atoms with Crippen LogP contribution >= 0.6 is 27.3 Å². The molecule has 1 aliphatic carbocycles. The van der Waals surface area contributed by atoms with Gasteiger partial charge in [0.05, 0.1) is 0 Å². The highest BCUT2D eigenvalue weighted by molar-refractivity contribution is 9.10. The molecule has 2 atom stereocenters. The van der Waals surface area contributed by atoms with Crippen LogP contribution in [-0.4, -0.2) is 24.5 Å². The molecule has 0 aliphatic heterocycles. The first-order valence-corrected chi connectivity index (χ1v) is 7.88. The summed E-state index contributed by atoms with van der Waals surface area (Å²) in [7, 11) is 2.24. The molecule has 96 valence electrons. The summed E-state index contributed by atoms with van der Waals surface area (Å²) < 4.78 is 1.24. The summed E-state index contributed by atoms with van der Waals surface area (Å²) in [6.45, 7) is 4.05. The number of nitrogens with zero attached hydrogens (tertiary/aromatic N) is 1. The minimum atomic E-state index is 0.682. The van der Waals surface area contributed by atoms with E-state index in [1.165, 1.54) is 33.5 Å². The Morgan fingerprint density at radius 1 is 1.53 bits per heavy atom. The molecule has 2 N–H and O–H groups in total. The molecule has 0 spiro atoms. The molecule has 2 unspecified atom stereocenters. The van der Waals surface area contributed by atoms with Crippen LogP contribution in [0.15, 0.2) is 10.5 Å². The van der Waals surface area contributed by atoms with E-state index < -0.39 is 0 Å². The molecule has 17 heavy (non-hydrogen) atoms. The molecule has 0 bridgehead atoms. The fourth-order valence-corrected chi connectivity index (χ4v) is 4.50. The van der Waals surface area contributed by atoms with Crippen molar-refractivity contribution in [1.82, 2.24) is 4.90 Å². The molecule has 1 aromatic rings. The van der Waals surface area contributed by atoms with Crippen molar-refractivity contribution in [2.45, 2.75) is 38.8 Å². The molecule has 0 radical (unpaired) electrons. The van der Waals surface area contributed by atoms with Crippen LogP contribution in [-0.2, 0) is 6.54 Å². The molecule has 1 fully saturated rings. The summed E-state index contributed by atoms with van der Waals surface area (Å²) in [6.07, 6.45) is 3.95. The lowest BCUT2D eigenvalue weighted by atomic mass is 10.0. The normalized spacial score (nSPS) is 24.8. The standard InChI is InChI=1S/C13H21BrN2S/c1-9-12(14)6-11(17-9)8-16(2)13-5-3-4-10(13)7-15/h6,10,13H,3-5,7-8,15H2,1-2H3. The van der Waals surface area contributed by atoms with Gasteiger partial charge < -0.3 is 5.73 Å². The molecule has 0 saturated heterocycles. The van der Waals surface area contributed by atoms with Gasteiger partial charge >= 0.3 is 0 Å². The van der Waals surface area contributed by atoms with Gasteiger partial charge in [-0.15, -0.1) is 11.3 Å². The smallest absolute Gasteiger partial charge is 0.0328 e. The van der Waals surface area contributed by atoms with Crippen molar-refractivity contribution in [3.8, 4) is 0 Å². The number of thiophene rings is 1. The first kappa shape index (κ1) is 13.5. The third-order valence-electron chi connectivity index (χ3n) is 3.80. The van der Waals surface area contributed by atoms with Crippen LogP contribution in [0.3, 0.4) is 0 Å². The highest BCUT2D eigenvalue weighted by Crippen LogP contribution is 2.32.